The Morgan fingerprint density at radius 2 is 0.789 bits per heavy atom. The summed E-state index contributed by atoms with van der Waals surface area (Å²) in [5.74, 6) is 1.06. The van der Waals surface area contributed by atoms with Gasteiger partial charge in [-0.05, 0) is 42.5 Å². The second-order valence-electron chi connectivity index (χ2n) is 8.36. The third-order valence-corrected chi connectivity index (χ3v) is 5.96. The summed E-state index contributed by atoms with van der Waals surface area (Å²) in [6.07, 6.45) is 10.7. The normalized spacial score (nSPS) is 10.9. The highest BCUT2D eigenvalue weighted by Crippen LogP contribution is 2.31. The van der Waals surface area contributed by atoms with Gasteiger partial charge in [0.15, 0.2) is 11.2 Å². The summed E-state index contributed by atoms with van der Waals surface area (Å²) in [4.78, 5) is 22.5. The summed E-state index contributed by atoms with van der Waals surface area (Å²) < 4.78 is 11.9. The van der Waals surface area contributed by atoms with Crippen molar-refractivity contribution in [1.29, 1.82) is 0 Å². The first-order chi connectivity index (χ1) is 18.8. The van der Waals surface area contributed by atoms with E-state index in [1.165, 1.54) is 0 Å². The molecule has 0 atom stereocenters. The maximum Gasteiger partial charge on any atom is 0.228 e. The number of pyridine rings is 3. The Morgan fingerprint density at radius 3 is 1.18 bits per heavy atom. The van der Waals surface area contributed by atoms with Gasteiger partial charge in [-0.2, -0.15) is 0 Å². The van der Waals surface area contributed by atoms with E-state index in [9.17, 15) is 0 Å². The topological polar surface area (TPSA) is 90.7 Å². The molecule has 0 aliphatic rings. The molecule has 0 radical (unpaired) electrons. The highest BCUT2D eigenvalue weighted by atomic mass is 16.4. The van der Waals surface area contributed by atoms with Crippen LogP contribution in [0, 0.1) is 0 Å². The molecule has 0 saturated carbocycles. The lowest BCUT2D eigenvalue weighted by molar-refractivity contribution is 0.619. The van der Waals surface area contributed by atoms with Gasteiger partial charge in [0, 0.05) is 59.4 Å². The smallest absolute Gasteiger partial charge is 0.228 e. The predicted molar refractivity (Wildman–Crippen MR) is 148 cm³/mol. The summed E-state index contributed by atoms with van der Waals surface area (Å²) in [6.45, 7) is 4.00. The van der Waals surface area contributed by atoms with Gasteiger partial charge < -0.3 is 8.83 Å². The Bertz CT molecular complexity index is 1670. The predicted octanol–water partition coefficient (Wildman–Crippen LogP) is 7.85. The van der Waals surface area contributed by atoms with E-state index in [2.05, 4.69) is 31.0 Å². The van der Waals surface area contributed by atoms with Crippen molar-refractivity contribution in [3.05, 3.63) is 104 Å². The largest absolute Gasteiger partial charge is 0.436 e. The molecule has 0 unspecified atom stereocenters. The molecule has 0 aliphatic carbocycles. The first kappa shape index (κ1) is 23.2. The molecule has 2 aromatic carbocycles. The molecular formula is C31H23N5O2. The van der Waals surface area contributed by atoms with Crippen LogP contribution in [-0.2, 0) is 0 Å². The number of nitrogens with zero attached hydrogens (tertiary/aromatic N) is 5. The molecule has 0 N–H and O–H groups in total. The number of benzene rings is 2. The van der Waals surface area contributed by atoms with E-state index in [0.29, 0.717) is 11.8 Å². The summed E-state index contributed by atoms with van der Waals surface area (Å²) in [7, 11) is 0. The van der Waals surface area contributed by atoms with Crippen molar-refractivity contribution in [1.82, 2.24) is 24.9 Å². The Hall–Kier alpha value is -5.17. The van der Waals surface area contributed by atoms with E-state index in [1.54, 1.807) is 24.8 Å². The summed E-state index contributed by atoms with van der Waals surface area (Å²) in [5.41, 5.74) is 8.37. The lowest BCUT2D eigenvalue weighted by atomic mass is 10.0. The lowest BCUT2D eigenvalue weighted by Crippen LogP contribution is -1.88. The molecule has 0 aliphatic heterocycles. The lowest BCUT2D eigenvalue weighted by Gasteiger charge is -2.07. The van der Waals surface area contributed by atoms with E-state index in [-0.39, 0.29) is 0 Å². The van der Waals surface area contributed by atoms with Crippen LogP contribution in [0.1, 0.15) is 13.8 Å². The van der Waals surface area contributed by atoms with Crippen molar-refractivity contribution in [3.8, 4) is 45.2 Å². The van der Waals surface area contributed by atoms with Crippen LogP contribution < -0.4 is 0 Å². The van der Waals surface area contributed by atoms with Crippen molar-refractivity contribution >= 4 is 22.2 Å². The van der Waals surface area contributed by atoms with E-state index in [1.807, 2.05) is 86.9 Å². The maximum absolute atomic E-state index is 5.93. The van der Waals surface area contributed by atoms with Crippen LogP contribution in [0.4, 0.5) is 0 Å². The van der Waals surface area contributed by atoms with Crippen molar-refractivity contribution in [2.24, 2.45) is 0 Å². The molecule has 7 rings (SSSR count). The van der Waals surface area contributed by atoms with Crippen molar-refractivity contribution in [2.75, 3.05) is 0 Å². The number of aromatic nitrogens is 5. The molecule has 5 aromatic heterocycles. The SMILES string of the molecule is CC.c1ccc2oc(-c3cncc(-c4cncc(-c5cncc(-c6nc7ccccc7o6)c5)c4)c3)nc2c1. The number of rotatable bonds is 4. The Kier molecular flexibility index (Phi) is 6.16. The van der Waals surface area contributed by atoms with Crippen LogP contribution in [0.3, 0.4) is 0 Å². The summed E-state index contributed by atoms with van der Waals surface area (Å²) in [5, 5.41) is 0. The van der Waals surface area contributed by atoms with Crippen molar-refractivity contribution in [3.63, 3.8) is 0 Å². The highest BCUT2D eigenvalue weighted by molar-refractivity contribution is 5.79. The highest BCUT2D eigenvalue weighted by Gasteiger charge is 2.12. The Morgan fingerprint density at radius 1 is 0.447 bits per heavy atom. The fourth-order valence-electron chi connectivity index (χ4n) is 4.18. The van der Waals surface area contributed by atoms with Crippen molar-refractivity contribution < 1.29 is 8.83 Å². The summed E-state index contributed by atoms with van der Waals surface area (Å²) >= 11 is 0. The van der Waals surface area contributed by atoms with Gasteiger partial charge in [0.2, 0.25) is 11.8 Å². The average Bonchev–Trinajstić information content (AvgIpc) is 3.63. The third kappa shape index (κ3) is 4.41. The Balaban J connectivity index is 0.00000129. The first-order valence-electron chi connectivity index (χ1n) is 12.4. The van der Waals surface area contributed by atoms with Gasteiger partial charge in [-0.3, -0.25) is 15.0 Å². The van der Waals surface area contributed by atoms with E-state index in [4.69, 9.17) is 8.83 Å². The zero-order chi connectivity index (χ0) is 25.9. The fourth-order valence-corrected chi connectivity index (χ4v) is 4.18. The molecule has 0 saturated heterocycles. The first-order valence-corrected chi connectivity index (χ1v) is 12.4. The minimum Gasteiger partial charge on any atom is -0.436 e. The van der Waals surface area contributed by atoms with E-state index in [0.717, 1.165) is 55.6 Å². The molecule has 0 spiro atoms. The number of fused-ring (bicyclic) bond motifs is 2. The van der Waals surface area contributed by atoms with Crippen LogP contribution in [0.25, 0.3) is 67.4 Å². The van der Waals surface area contributed by atoms with Gasteiger partial charge >= 0.3 is 0 Å². The van der Waals surface area contributed by atoms with Crippen LogP contribution in [0.2, 0.25) is 0 Å². The van der Waals surface area contributed by atoms with E-state index >= 15 is 0 Å². The molecule has 5 heterocycles. The third-order valence-electron chi connectivity index (χ3n) is 5.96. The molecular weight excluding hydrogens is 474 g/mol. The van der Waals surface area contributed by atoms with Crippen LogP contribution in [0.5, 0.6) is 0 Å². The van der Waals surface area contributed by atoms with Crippen LogP contribution in [-0.4, -0.2) is 24.9 Å². The summed E-state index contributed by atoms with van der Waals surface area (Å²) in [6, 6.07) is 21.5. The van der Waals surface area contributed by atoms with Crippen molar-refractivity contribution in [2.45, 2.75) is 13.8 Å². The molecule has 7 heteroatoms. The molecule has 0 amide bonds. The maximum atomic E-state index is 5.93. The fraction of sp³-hybridized carbons (Fsp3) is 0.0645. The zero-order valence-electron chi connectivity index (χ0n) is 20.9. The minimum atomic E-state index is 0.532. The second-order valence-corrected chi connectivity index (χ2v) is 8.36. The van der Waals surface area contributed by atoms with E-state index < -0.39 is 0 Å². The number of hydrogen-bond donors (Lipinski definition) is 0. The Labute approximate surface area is 218 Å². The molecule has 0 fully saturated rings. The zero-order valence-corrected chi connectivity index (χ0v) is 20.9. The minimum absolute atomic E-state index is 0.532. The van der Waals surface area contributed by atoms with Crippen LogP contribution >= 0.6 is 0 Å². The molecule has 7 nitrogen and oxygen atoms in total. The standard InChI is InChI=1S/C29H17N5O2.C2H6/c1-3-7-26-24(5-1)33-28(35-26)22-10-20(14-31-16-22)18-9-19(13-30-12-18)21-11-23(17-32-15-21)29-34-25-6-2-4-8-27(25)36-29;1-2/h1-17H;1-2H3. The van der Waals surface area contributed by atoms with Gasteiger partial charge in [-0.25, -0.2) is 9.97 Å². The van der Waals surface area contributed by atoms with Gasteiger partial charge in [-0.1, -0.05) is 38.1 Å². The number of para-hydroxylation sites is 4. The van der Waals surface area contributed by atoms with Gasteiger partial charge in [0.05, 0.1) is 11.1 Å². The quantitative estimate of drug-likeness (QED) is 0.244. The second kappa shape index (κ2) is 10.1. The van der Waals surface area contributed by atoms with Gasteiger partial charge in [0.25, 0.3) is 0 Å². The molecule has 0 bridgehead atoms. The molecule has 184 valence electrons. The van der Waals surface area contributed by atoms with Gasteiger partial charge in [0.1, 0.15) is 11.0 Å². The number of oxazole rings is 2. The van der Waals surface area contributed by atoms with Crippen LogP contribution in [0.15, 0.2) is 113 Å². The monoisotopic (exact) mass is 497 g/mol. The molecule has 7 aromatic rings. The van der Waals surface area contributed by atoms with Gasteiger partial charge in [-0.15, -0.1) is 0 Å². The molecule has 38 heavy (non-hydrogen) atoms. The average molecular weight is 498 g/mol. The number of hydrogen-bond acceptors (Lipinski definition) is 7.